The van der Waals surface area contributed by atoms with Gasteiger partial charge in [0, 0.05) is 12.0 Å². The Morgan fingerprint density at radius 3 is 2.59 bits per heavy atom. The van der Waals surface area contributed by atoms with Gasteiger partial charge in [0.05, 0.1) is 10.4 Å². The van der Waals surface area contributed by atoms with E-state index >= 15 is 0 Å². The maximum absolute atomic E-state index is 5.99. The van der Waals surface area contributed by atoms with E-state index in [1.807, 2.05) is 36.8 Å². The lowest BCUT2D eigenvalue weighted by Crippen LogP contribution is -2.01. The highest BCUT2D eigenvalue weighted by Gasteiger charge is 2.17. The number of fused-ring (bicyclic) bond motifs is 1. The number of rotatable bonds is 5. The van der Waals surface area contributed by atoms with Gasteiger partial charge in [-0.1, -0.05) is 49.2 Å². The third-order valence-corrected chi connectivity index (χ3v) is 4.49. The van der Waals surface area contributed by atoms with E-state index in [1.54, 1.807) is 23.9 Å². The Bertz CT molecular complexity index is 799. The second kappa shape index (κ2) is 6.53. The summed E-state index contributed by atoms with van der Waals surface area (Å²) in [6.45, 7) is 9.50. The van der Waals surface area contributed by atoms with Crippen molar-refractivity contribution in [3.63, 3.8) is 0 Å². The monoisotopic (exact) mass is 313 g/mol. The molecule has 0 aliphatic carbocycles. The highest BCUT2D eigenvalue weighted by Crippen LogP contribution is 2.37. The van der Waals surface area contributed by atoms with Crippen molar-refractivity contribution in [1.82, 2.24) is 14.5 Å². The maximum atomic E-state index is 5.99. The van der Waals surface area contributed by atoms with Crippen LogP contribution in [0.3, 0.4) is 0 Å². The van der Waals surface area contributed by atoms with Crippen molar-refractivity contribution >= 4 is 34.6 Å². The van der Waals surface area contributed by atoms with Crippen LogP contribution in [-0.2, 0) is 7.05 Å². The zero-order valence-corrected chi connectivity index (χ0v) is 13.5. The summed E-state index contributed by atoms with van der Waals surface area (Å²) < 4.78 is 1.97. The van der Waals surface area contributed by atoms with Crippen molar-refractivity contribution in [2.24, 2.45) is 7.05 Å². The normalized spacial score (nSPS) is 12.2. The van der Waals surface area contributed by atoms with Gasteiger partial charge in [0.2, 0.25) is 5.95 Å². The van der Waals surface area contributed by atoms with E-state index in [4.69, 9.17) is 11.5 Å². The van der Waals surface area contributed by atoms with Crippen molar-refractivity contribution in [1.29, 1.82) is 0 Å². The van der Waals surface area contributed by atoms with Gasteiger partial charge < -0.3 is 16.0 Å². The average molecular weight is 313 g/mol. The van der Waals surface area contributed by atoms with Gasteiger partial charge in [0.25, 0.3) is 0 Å². The molecular formula is C16H19N5S. The van der Waals surface area contributed by atoms with Crippen LogP contribution < -0.4 is 11.5 Å². The number of hydrogen-bond acceptors (Lipinski definition) is 5. The smallest absolute Gasteiger partial charge is 0.223 e. The fourth-order valence-electron chi connectivity index (χ4n) is 2.17. The molecule has 0 amide bonds. The maximum Gasteiger partial charge on any atom is 0.223 e. The predicted octanol–water partition coefficient (Wildman–Crippen LogP) is 3.35. The molecule has 114 valence electrons. The Hall–Kier alpha value is -2.47. The summed E-state index contributed by atoms with van der Waals surface area (Å²) >= 11 is 1.59. The van der Waals surface area contributed by atoms with E-state index in [9.17, 15) is 0 Å². The largest absolute Gasteiger partial charge is 0.383 e. The number of anilines is 2. The molecule has 2 rings (SSSR count). The van der Waals surface area contributed by atoms with Crippen molar-refractivity contribution in [3.8, 4) is 0 Å². The summed E-state index contributed by atoms with van der Waals surface area (Å²) in [6, 6.07) is 0. The minimum Gasteiger partial charge on any atom is -0.383 e. The van der Waals surface area contributed by atoms with Gasteiger partial charge in [-0.25, -0.2) is 0 Å². The molecule has 0 spiro atoms. The van der Waals surface area contributed by atoms with E-state index < -0.39 is 0 Å². The molecule has 0 atom stereocenters. The molecule has 4 N–H and O–H groups in total. The van der Waals surface area contributed by atoms with E-state index in [0.29, 0.717) is 5.82 Å². The zero-order valence-electron chi connectivity index (χ0n) is 12.7. The molecule has 0 bridgehead atoms. The summed E-state index contributed by atoms with van der Waals surface area (Å²) in [6.07, 6.45) is 9.28. The standard InChI is InChI=1S/C16H19N5S/c1-5-7-8-9-11(6-2)22-15-10(3)12-13(17)19-16(18)20-14(12)21(15)4/h5-9H,1-2H2,3-4H3,(H4,17,18,19,20)/b8-7-,11-9+. The Morgan fingerprint density at radius 1 is 1.23 bits per heavy atom. The Labute approximate surface area is 134 Å². The summed E-state index contributed by atoms with van der Waals surface area (Å²) in [7, 11) is 1.93. The Morgan fingerprint density at radius 2 is 1.95 bits per heavy atom. The Balaban J connectivity index is 2.54. The third kappa shape index (κ3) is 2.92. The molecule has 0 aliphatic rings. The van der Waals surface area contributed by atoms with Crippen LogP contribution >= 0.6 is 11.8 Å². The molecule has 0 aromatic carbocycles. The molecule has 0 aliphatic heterocycles. The van der Waals surface area contributed by atoms with Gasteiger partial charge in [0.1, 0.15) is 11.5 Å². The molecule has 0 saturated carbocycles. The summed E-state index contributed by atoms with van der Waals surface area (Å²) in [4.78, 5) is 9.34. The van der Waals surface area contributed by atoms with Crippen LogP contribution in [0, 0.1) is 6.92 Å². The number of allylic oxidation sites excluding steroid dienone is 5. The minimum atomic E-state index is 0.176. The highest BCUT2D eigenvalue weighted by molar-refractivity contribution is 8.03. The van der Waals surface area contributed by atoms with Gasteiger partial charge in [0.15, 0.2) is 0 Å². The van der Waals surface area contributed by atoms with Crippen LogP contribution in [0.15, 0.2) is 53.5 Å². The summed E-state index contributed by atoms with van der Waals surface area (Å²) in [5.41, 5.74) is 13.4. The lowest BCUT2D eigenvalue weighted by molar-refractivity contribution is 0.840. The lowest BCUT2D eigenvalue weighted by atomic mass is 10.2. The van der Waals surface area contributed by atoms with Crippen LogP contribution in [0.25, 0.3) is 11.0 Å². The van der Waals surface area contributed by atoms with Gasteiger partial charge in [-0.3, -0.25) is 0 Å². The first-order valence-corrected chi connectivity index (χ1v) is 7.48. The van der Waals surface area contributed by atoms with Crippen molar-refractivity contribution in [2.45, 2.75) is 11.9 Å². The summed E-state index contributed by atoms with van der Waals surface area (Å²) in [5.74, 6) is 0.577. The molecule has 6 heteroatoms. The average Bonchev–Trinajstić information content (AvgIpc) is 2.70. The van der Waals surface area contributed by atoms with Crippen molar-refractivity contribution < 1.29 is 0 Å². The minimum absolute atomic E-state index is 0.176. The number of nitrogens with two attached hydrogens (primary N) is 2. The predicted molar refractivity (Wildman–Crippen MR) is 95.5 cm³/mol. The van der Waals surface area contributed by atoms with Crippen molar-refractivity contribution in [3.05, 3.63) is 54.0 Å². The van der Waals surface area contributed by atoms with Gasteiger partial charge >= 0.3 is 0 Å². The fourth-order valence-corrected chi connectivity index (χ4v) is 3.10. The lowest BCUT2D eigenvalue weighted by Gasteiger charge is -2.05. The quantitative estimate of drug-likeness (QED) is 0.653. The number of thioether (sulfide) groups is 1. The number of nitrogens with zero attached hydrogens (tertiary/aromatic N) is 3. The highest BCUT2D eigenvalue weighted by atomic mass is 32.2. The topological polar surface area (TPSA) is 82.8 Å². The van der Waals surface area contributed by atoms with Crippen molar-refractivity contribution in [2.75, 3.05) is 11.5 Å². The van der Waals surface area contributed by atoms with Crippen LogP contribution in [0.5, 0.6) is 0 Å². The number of nitrogen functional groups attached to an aromatic ring is 2. The first-order chi connectivity index (χ1) is 10.5. The molecule has 0 unspecified atom stereocenters. The van der Waals surface area contributed by atoms with E-state index in [-0.39, 0.29) is 5.95 Å². The molecule has 22 heavy (non-hydrogen) atoms. The van der Waals surface area contributed by atoms with E-state index in [0.717, 1.165) is 26.5 Å². The van der Waals surface area contributed by atoms with Gasteiger partial charge in [-0.05, 0) is 18.6 Å². The molecule has 5 nitrogen and oxygen atoms in total. The molecule has 2 aromatic rings. The van der Waals surface area contributed by atoms with Crippen LogP contribution in [-0.4, -0.2) is 14.5 Å². The van der Waals surface area contributed by atoms with Gasteiger partial charge in [-0.15, -0.1) is 0 Å². The number of aryl methyl sites for hydroxylation is 2. The van der Waals surface area contributed by atoms with Gasteiger partial charge in [-0.2, -0.15) is 9.97 Å². The van der Waals surface area contributed by atoms with Crippen LogP contribution in [0.2, 0.25) is 0 Å². The third-order valence-electron chi connectivity index (χ3n) is 3.18. The number of aromatic nitrogens is 3. The first-order valence-electron chi connectivity index (χ1n) is 6.67. The SMILES string of the molecule is C=C/C=C\C=C(/C=C)Sc1c(C)c2c(N)nc(N)nc2n1C. The second-order valence-corrected chi connectivity index (χ2v) is 5.71. The van der Waals surface area contributed by atoms with Crippen LogP contribution in [0.1, 0.15) is 5.56 Å². The molecule has 0 saturated heterocycles. The number of hydrogen-bond donors (Lipinski definition) is 2. The molecular weight excluding hydrogens is 294 g/mol. The zero-order chi connectivity index (χ0) is 16.3. The first kappa shape index (κ1) is 15.9. The molecule has 2 heterocycles. The summed E-state index contributed by atoms with van der Waals surface area (Å²) in [5, 5.41) is 1.86. The fraction of sp³-hybridized carbons (Fsp3) is 0.125. The Kier molecular flexibility index (Phi) is 4.72. The second-order valence-electron chi connectivity index (χ2n) is 4.65. The molecule has 0 radical (unpaired) electrons. The van der Waals surface area contributed by atoms with E-state index in [2.05, 4.69) is 23.1 Å². The van der Waals surface area contributed by atoms with E-state index in [1.165, 1.54) is 0 Å². The molecule has 0 fully saturated rings. The molecule has 2 aromatic heterocycles. The van der Waals surface area contributed by atoms with Crippen LogP contribution in [0.4, 0.5) is 11.8 Å².